The van der Waals surface area contributed by atoms with Crippen molar-refractivity contribution in [3.05, 3.63) is 29.8 Å². The van der Waals surface area contributed by atoms with E-state index in [0.29, 0.717) is 12.5 Å². The predicted molar refractivity (Wildman–Crippen MR) is 112 cm³/mol. The summed E-state index contributed by atoms with van der Waals surface area (Å²) in [5.74, 6) is 0.702. The van der Waals surface area contributed by atoms with Crippen LogP contribution in [0.5, 0.6) is 0 Å². The number of guanidine groups is 1. The van der Waals surface area contributed by atoms with Gasteiger partial charge in [0.1, 0.15) is 0 Å². The summed E-state index contributed by atoms with van der Waals surface area (Å²) < 4.78 is 22.8. The Morgan fingerprint density at radius 1 is 1.24 bits per heavy atom. The van der Waals surface area contributed by atoms with E-state index in [9.17, 15) is 8.42 Å². The summed E-state index contributed by atoms with van der Waals surface area (Å²) >= 11 is 0. The summed E-state index contributed by atoms with van der Waals surface area (Å²) in [5.41, 5.74) is 0.834. The number of hydrogen-bond donors (Lipinski definition) is 3. The lowest BCUT2D eigenvalue weighted by atomic mass is 10.1. The van der Waals surface area contributed by atoms with Crippen LogP contribution in [0, 0.1) is 0 Å². The van der Waals surface area contributed by atoms with Gasteiger partial charge in [-0.15, -0.1) is 24.0 Å². The fourth-order valence-electron chi connectivity index (χ4n) is 2.75. The molecule has 9 heteroatoms. The number of aliphatic imine (C=N–C) groups is 1. The van der Waals surface area contributed by atoms with Crippen LogP contribution in [-0.2, 0) is 16.6 Å². The molecule has 1 saturated heterocycles. The van der Waals surface area contributed by atoms with E-state index in [-0.39, 0.29) is 28.9 Å². The van der Waals surface area contributed by atoms with Crippen molar-refractivity contribution in [1.82, 2.24) is 15.5 Å². The first-order chi connectivity index (χ1) is 11.5. The Balaban J connectivity index is 0.00000312. The van der Waals surface area contributed by atoms with Gasteiger partial charge in [-0.05, 0) is 43.6 Å². The van der Waals surface area contributed by atoms with Crippen molar-refractivity contribution in [3.8, 4) is 0 Å². The summed E-state index contributed by atoms with van der Waals surface area (Å²) in [6, 6.07) is 6.60. The third-order valence-electron chi connectivity index (χ3n) is 4.08. The van der Waals surface area contributed by atoms with E-state index in [1.165, 1.54) is 38.4 Å². The van der Waals surface area contributed by atoms with E-state index in [0.717, 1.165) is 18.7 Å². The van der Waals surface area contributed by atoms with Crippen LogP contribution in [-0.4, -0.2) is 52.5 Å². The van der Waals surface area contributed by atoms with Gasteiger partial charge in [0, 0.05) is 26.7 Å². The number of nitrogens with two attached hydrogens (primary N) is 1. The fraction of sp³-hybridized carbons (Fsp3) is 0.562. The average molecular weight is 481 g/mol. The second-order valence-electron chi connectivity index (χ2n) is 5.95. The minimum Gasteiger partial charge on any atom is -0.355 e. The first kappa shape index (κ1) is 22.1. The Kier molecular flexibility index (Phi) is 9.69. The molecule has 25 heavy (non-hydrogen) atoms. The fourth-order valence-corrected chi connectivity index (χ4v) is 3.34. The van der Waals surface area contributed by atoms with Crippen LogP contribution in [0.15, 0.2) is 34.2 Å². The molecule has 0 aliphatic carbocycles. The molecule has 1 heterocycles. The Hall–Kier alpha value is -0.910. The van der Waals surface area contributed by atoms with Crippen LogP contribution >= 0.6 is 24.0 Å². The van der Waals surface area contributed by atoms with Gasteiger partial charge in [-0.2, -0.15) is 0 Å². The van der Waals surface area contributed by atoms with Gasteiger partial charge in [-0.1, -0.05) is 18.6 Å². The molecule has 0 atom stereocenters. The van der Waals surface area contributed by atoms with Crippen molar-refractivity contribution in [1.29, 1.82) is 0 Å². The van der Waals surface area contributed by atoms with Gasteiger partial charge >= 0.3 is 0 Å². The van der Waals surface area contributed by atoms with Crippen molar-refractivity contribution >= 4 is 40.0 Å². The SMILES string of the molecule is CN=C(NCCN1CCCCC1)NCc1cccc(S(N)(=O)=O)c1.I. The lowest BCUT2D eigenvalue weighted by Gasteiger charge is -2.26. The molecule has 2 rings (SSSR count). The zero-order valence-corrected chi connectivity index (χ0v) is 17.7. The minimum absolute atomic E-state index is 0. The van der Waals surface area contributed by atoms with Crippen LogP contribution in [0.1, 0.15) is 24.8 Å². The highest BCUT2D eigenvalue weighted by Crippen LogP contribution is 2.09. The third-order valence-corrected chi connectivity index (χ3v) is 4.99. The van der Waals surface area contributed by atoms with E-state index < -0.39 is 10.0 Å². The van der Waals surface area contributed by atoms with E-state index in [4.69, 9.17) is 5.14 Å². The zero-order chi connectivity index (χ0) is 17.4. The minimum atomic E-state index is -3.68. The van der Waals surface area contributed by atoms with Crippen LogP contribution in [0.25, 0.3) is 0 Å². The normalized spacial score (nSPS) is 16.2. The molecule has 0 spiro atoms. The number of nitrogens with zero attached hydrogens (tertiary/aromatic N) is 2. The molecule has 1 aromatic rings. The molecule has 142 valence electrons. The van der Waals surface area contributed by atoms with Crippen LogP contribution < -0.4 is 15.8 Å². The molecule has 0 radical (unpaired) electrons. The second-order valence-corrected chi connectivity index (χ2v) is 7.51. The summed E-state index contributed by atoms with van der Waals surface area (Å²) in [7, 11) is -1.96. The second kappa shape index (κ2) is 10.9. The number of likely N-dealkylation sites (tertiary alicyclic amines) is 1. The maximum absolute atomic E-state index is 11.4. The van der Waals surface area contributed by atoms with Crippen molar-refractivity contribution in [3.63, 3.8) is 0 Å². The van der Waals surface area contributed by atoms with E-state index >= 15 is 0 Å². The summed E-state index contributed by atoms with van der Waals surface area (Å²) in [6.07, 6.45) is 3.91. The Labute approximate surface area is 167 Å². The molecule has 0 aromatic heterocycles. The topological polar surface area (TPSA) is 99.8 Å². The number of benzene rings is 1. The lowest BCUT2D eigenvalue weighted by Crippen LogP contribution is -2.42. The van der Waals surface area contributed by atoms with Crippen molar-refractivity contribution in [2.24, 2.45) is 10.1 Å². The zero-order valence-electron chi connectivity index (χ0n) is 14.6. The van der Waals surface area contributed by atoms with Gasteiger partial charge in [0.05, 0.1) is 4.90 Å². The Morgan fingerprint density at radius 2 is 1.96 bits per heavy atom. The third kappa shape index (κ3) is 7.89. The summed E-state index contributed by atoms with van der Waals surface area (Å²) in [5, 5.41) is 11.6. The standard InChI is InChI=1S/C16H27N5O2S.HI/c1-18-16(19-8-11-21-9-3-2-4-10-21)20-13-14-6-5-7-15(12-14)24(17,22)23;/h5-7,12H,2-4,8-11,13H2,1H3,(H2,17,22,23)(H2,18,19,20);1H. The van der Waals surface area contributed by atoms with Gasteiger partial charge in [-0.3, -0.25) is 4.99 Å². The molecular formula is C16H28IN5O2S. The molecule has 4 N–H and O–H groups in total. The van der Waals surface area contributed by atoms with Gasteiger partial charge in [0.2, 0.25) is 10.0 Å². The molecule has 1 aromatic carbocycles. The molecule has 7 nitrogen and oxygen atoms in total. The largest absolute Gasteiger partial charge is 0.355 e. The van der Waals surface area contributed by atoms with E-state index in [1.54, 1.807) is 19.2 Å². The number of hydrogen-bond acceptors (Lipinski definition) is 4. The Morgan fingerprint density at radius 3 is 2.60 bits per heavy atom. The Bertz CT molecular complexity index is 660. The highest BCUT2D eigenvalue weighted by molar-refractivity contribution is 14.0. The summed E-state index contributed by atoms with van der Waals surface area (Å²) in [4.78, 5) is 6.77. The van der Waals surface area contributed by atoms with Crippen LogP contribution in [0.2, 0.25) is 0 Å². The van der Waals surface area contributed by atoms with Gasteiger partial charge in [0.25, 0.3) is 0 Å². The lowest BCUT2D eigenvalue weighted by molar-refractivity contribution is 0.232. The number of sulfonamides is 1. The maximum atomic E-state index is 11.4. The number of piperidine rings is 1. The van der Waals surface area contributed by atoms with Gasteiger partial charge < -0.3 is 15.5 Å². The average Bonchev–Trinajstić information content (AvgIpc) is 2.58. The van der Waals surface area contributed by atoms with E-state index in [2.05, 4.69) is 20.5 Å². The number of halogens is 1. The highest BCUT2D eigenvalue weighted by Gasteiger charge is 2.10. The van der Waals surface area contributed by atoms with Gasteiger partial charge in [0.15, 0.2) is 5.96 Å². The molecule has 1 aliphatic rings. The van der Waals surface area contributed by atoms with E-state index in [1.807, 2.05) is 6.07 Å². The first-order valence-corrected chi connectivity index (χ1v) is 9.82. The highest BCUT2D eigenvalue weighted by atomic mass is 127. The molecule has 1 aliphatic heterocycles. The van der Waals surface area contributed by atoms with Crippen LogP contribution in [0.4, 0.5) is 0 Å². The first-order valence-electron chi connectivity index (χ1n) is 8.27. The van der Waals surface area contributed by atoms with Crippen molar-refractivity contribution in [2.75, 3.05) is 33.2 Å². The molecule has 0 amide bonds. The van der Waals surface area contributed by atoms with Crippen molar-refractivity contribution < 1.29 is 8.42 Å². The predicted octanol–water partition coefficient (Wildman–Crippen LogP) is 1.10. The number of nitrogens with one attached hydrogen (secondary N) is 2. The molecule has 0 saturated carbocycles. The maximum Gasteiger partial charge on any atom is 0.238 e. The molecular weight excluding hydrogens is 453 g/mol. The number of rotatable bonds is 6. The summed E-state index contributed by atoms with van der Waals surface area (Å²) in [6.45, 7) is 4.66. The molecule has 1 fully saturated rings. The quantitative estimate of drug-likeness (QED) is 0.321. The van der Waals surface area contributed by atoms with Gasteiger partial charge in [-0.25, -0.2) is 13.6 Å². The molecule has 0 unspecified atom stereocenters. The number of primary sulfonamides is 1. The molecule has 0 bridgehead atoms. The smallest absolute Gasteiger partial charge is 0.238 e. The monoisotopic (exact) mass is 481 g/mol. The van der Waals surface area contributed by atoms with Crippen molar-refractivity contribution in [2.45, 2.75) is 30.7 Å². The van der Waals surface area contributed by atoms with Crippen LogP contribution in [0.3, 0.4) is 0 Å².